The lowest BCUT2D eigenvalue weighted by Crippen LogP contribution is -2.21. The van der Waals surface area contributed by atoms with Gasteiger partial charge < -0.3 is 5.73 Å². The number of nitrogens with zero attached hydrogens (tertiary/aromatic N) is 2. The van der Waals surface area contributed by atoms with E-state index in [0.29, 0.717) is 4.68 Å². The zero-order valence-electron chi connectivity index (χ0n) is 9.03. The number of alkyl halides is 3. The third-order valence-corrected chi connectivity index (χ3v) is 3.87. The lowest BCUT2D eigenvalue weighted by atomic mass is 10.3. The van der Waals surface area contributed by atoms with E-state index >= 15 is 0 Å². The Bertz CT molecular complexity index is 493. The molecule has 1 aromatic rings. The van der Waals surface area contributed by atoms with Crippen LogP contribution < -0.4 is 5.73 Å². The van der Waals surface area contributed by atoms with Gasteiger partial charge in [0.15, 0.2) is 15.5 Å². The van der Waals surface area contributed by atoms with Crippen molar-refractivity contribution in [1.29, 1.82) is 0 Å². The van der Waals surface area contributed by atoms with Crippen LogP contribution in [0.2, 0.25) is 0 Å². The van der Waals surface area contributed by atoms with Gasteiger partial charge in [0.1, 0.15) is 0 Å². The van der Waals surface area contributed by atoms with Crippen LogP contribution in [0.3, 0.4) is 0 Å². The second-order valence-corrected chi connectivity index (χ2v) is 5.88. The monoisotopic (exact) mass is 271 g/mol. The molecule has 0 unspecified atom stereocenters. The number of halogens is 3. The second-order valence-electron chi connectivity index (χ2n) is 3.41. The van der Waals surface area contributed by atoms with E-state index in [-0.39, 0.29) is 12.3 Å². The van der Waals surface area contributed by atoms with Gasteiger partial charge in [0.25, 0.3) is 0 Å². The summed E-state index contributed by atoms with van der Waals surface area (Å²) in [6, 6.07) is 0. The minimum absolute atomic E-state index is 0.120. The normalized spacial score (nSPS) is 12.9. The van der Waals surface area contributed by atoms with E-state index in [4.69, 9.17) is 5.73 Å². The molecule has 2 N–H and O–H groups in total. The third-order valence-electron chi connectivity index (χ3n) is 2.19. The van der Waals surface area contributed by atoms with Crippen molar-refractivity contribution in [3.05, 3.63) is 11.9 Å². The maximum Gasteiger partial charge on any atom is 0.435 e. The van der Waals surface area contributed by atoms with Crippen molar-refractivity contribution in [2.24, 2.45) is 0 Å². The first kappa shape index (κ1) is 13.8. The van der Waals surface area contributed by atoms with Crippen molar-refractivity contribution in [2.75, 3.05) is 17.2 Å². The van der Waals surface area contributed by atoms with Crippen molar-refractivity contribution in [3.8, 4) is 0 Å². The number of anilines is 1. The lowest BCUT2D eigenvalue weighted by molar-refractivity contribution is -0.143. The van der Waals surface area contributed by atoms with Gasteiger partial charge in [-0.25, -0.2) is 8.42 Å². The smallest absolute Gasteiger partial charge is 0.396 e. The Morgan fingerprint density at radius 1 is 1.47 bits per heavy atom. The summed E-state index contributed by atoms with van der Waals surface area (Å²) in [6.45, 7) is 1.07. The molecule has 0 aliphatic carbocycles. The number of hydrogen-bond donors (Lipinski definition) is 1. The molecule has 0 radical (unpaired) electrons. The Labute approximate surface area is 96.3 Å². The molecule has 1 aromatic heterocycles. The van der Waals surface area contributed by atoms with Gasteiger partial charge in [0.2, 0.25) is 0 Å². The molecule has 98 valence electrons. The van der Waals surface area contributed by atoms with Crippen LogP contribution in [0.5, 0.6) is 0 Å². The molecule has 5 nitrogen and oxygen atoms in total. The fraction of sp³-hybridized carbons (Fsp3) is 0.625. The molecule has 0 saturated carbocycles. The van der Waals surface area contributed by atoms with Crippen LogP contribution in [0.4, 0.5) is 18.9 Å². The van der Waals surface area contributed by atoms with E-state index < -0.39 is 33.1 Å². The number of sulfone groups is 1. The highest BCUT2D eigenvalue weighted by atomic mass is 32.2. The standard InChI is InChI=1S/C8H12F3N3O2S/c1-2-17(15,16)4-3-14-7(8(9,10)11)6(12)5-13-14/h5H,2-4,12H2,1H3. The van der Waals surface area contributed by atoms with Gasteiger partial charge in [-0.15, -0.1) is 0 Å². The molecule has 0 fully saturated rings. The Balaban J connectivity index is 2.94. The molecule has 17 heavy (non-hydrogen) atoms. The summed E-state index contributed by atoms with van der Waals surface area (Å²) in [4.78, 5) is 0. The first-order valence-electron chi connectivity index (χ1n) is 4.76. The Kier molecular flexibility index (Phi) is 3.70. The SMILES string of the molecule is CCS(=O)(=O)CCn1ncc(N)c1C(F)(F)F. The number of nitrogens with two attached hydrogens (primary N) is 1. The summed E-state index contributed by atoms with van der Waals surface area (Å²) in [7, 11) is -3.34. The summed E-state index contributed by atoms with van der Waals surface area (Å²) < 4.78 is 60.6. The zero-order chi connectivity index (χ0) is 13.3. The number of aromatic nitrogens is 2. The van der Waals surface area contributed by atoms with Crippen LogP contribution in [0, 0.1) is 0 Å². The maximum absolute atomic E-state index is 12.6. The molecule has 0 aliphatic rings. The van der Waals surface area contributed by atoms with Crippen LogP contribution in [0.1, 0.15) is 12.6 Å². The average molecular weight is 271 g/mol. The van der Waals surface area contributed by atoms with E-state index in [1.165, 1.54) is 6.92 Å². The van der Waals surface area contributed by atoms with Crippen molar-refractivity contribution in [1.82, 2.24) is 9.78 Å². The summed E-state index contributed by atoms with van der Waals surface area (Å²) in [6.07, 6.45) is -3.78. The second kappa shape index (κ2) is 4.55. The van der Waals surface area contributed by atoms with Crippen LogP contribution >= 0.6 is 0 Å². The van der Waals surface area contributed by atoms with Gasteiger partial charge in [-0.1, -0.05) is 6.92 Å². The number of hydrogen-bond acceptors (Lipinski definition) is 4. The van der Waals surface area contributed by atoms with Crippen LogP contribution in [0.15, 0.2) is 6.20 Å². The van der Waals surface area contributed by atoms with Gasteiger partial charge in [-0.05, 0) is 0 Å². The third kappa shape index (κ3) is 3.35. The van der Waals surface area contributed by atoms with Crippen molar-refractivity contribution < 1.29 is 21.6 Å². The fourth-order valence-corrected chi connectivity index (χ4v) is 1.99. The topological polar surface area (TPSA) is 78.0 Å². The molecule has 0 amide bonds. The summed E-state index contributed by atoms with van der Waals surface area (Å²) >= 11 is 0. The van der Waals surface area contributed by atoms with Gasteiger partial charge in [0.05, 0.1) is 24.2 Å². The molecule has 0 aromatic carbocycles. The lowest BCUT2D eigenvalue weighted by Gasteiger charge is -2.11. The molecule has 1 heterocycles. The molecule has 0 spiro atoms. The molecule has 0 saturated heterocycles. The van der Waals surface area contributed by atoms with E-state index in [0.717, 1.165) is 6.20 Å². The predicted octanol–water partition coefficient (Wildman–Crippen LogP) is 0.919. The first-order chi connectivity index (χ1) is 7.67. The predicted molar refractivity (Wildman–Crippen MR) is 56.0 cm³/mol. The van der Waals surface area contributed by atoms with Crippen LogP contribution in [0.25, 0.3) is 0 Å². The number of aryl methyl sites for hydroxylation is 1. The molecular weight excluding hydrogens is 259 g/mol. The highest BCUT2D eigenvalue weighted by Crippen LogP contribution is 2.33. The molecular formula is C8H12F3N3O2S. The Morgan fingerprint density at radius 2 is 2.06 bits per heavy atom. The molecule has 0 bridgehead atoms. The Hall–Kier alpha value is -1.25. The molecule has 0 aliphatic heterocycles. The van der Waals surface area contributed by atoms with Crippen molar-refractivity contribution >= 4 is 15.5 Å². The fourth-order valence-electron chi connectivity index (χ4n) is 1.25. The number of rotatable bonds is 4. The zero-order valence-corrected chi connectivity index (χ0v) is 9.85. The van der Waals surface area contributed by atoms with Crippen molar-refractivity contribution in [2.45, 2.75) is 19.6 Å². The summed E-state index contributed by atoms with van der Waals surface area (Å²) in [5.74, 6) is -0.515. The quantitative estimate of drug-likeness (QED) is 0.883. The highest BCUT2D eigenvalue weighted by molar-refractivity contribution is 7.91. The minimum Gasteiger partial charge on any atom is -0.396 e. The molecule has 1 rings (SSSR count). The van der Waals surface area contributed by atoms with Gasteiger partial charge in [0, 0.05) is 5.75 Å². The molecule has 9 heteroatoms. The van der Waals surface area contributed by atoms with E-state index in [1.54, 1.807) is 0 Å². The minimum atomic E-state index is -4.64. The largest absolute Gasteiger partial charge is 0.435 e. The van der Waals surface area contributed by atoms with Gasteiger partial charge in [-0.3, -0.25) is 4.68 Å². The van der Waals surface area contributed by atoms with Gasteiger partial charge in [-0.2, -0.15) is 18.3 Å². The summed E-state index contributed by atoms with van der Waals surface area (Å²) in [5.41, 5.74) is 3.53. The highest BCUT2D eigenvalue weighted by Gasteiger charge is 2.37. The van der Waals surface area contributed by atoms with Crippen molar-refractivity contribution in [3.63, 3.8) is 0 Å². The Morgan fingerprint density at radius 3 is 2.53 bits per heavy atom. The van der Waals surface area contributed by atoms with Crippen LogP contribution in [-0.2, 0) is 22.6 Å². The maximum atomic E-state index is 12.6. The van der Waals surface area contributed by atoms with Gasteiger partial charge >= 0.3 is 6.18 Å². The van der Waals surface area contributed by atoms with E-state index in [1.807, 2.05) is 0 Å². The summed E-state index contributed by atoms with van der Waals surface area (Å²) in [5, 5.41) is 3.43. The molecule has 0 atom stereocenters. The first-order valence-corrected chi connectivity index (χ1v) is 6.58. The number of nitrogen functional groups attached to an aromatic ring is 1. The van der Waals surface area contributed by atoms with E-state index in [9.17, 15) is 21.6 Å². The van der Waals surface area contributed by atoms with Crippen LogP contribution in [-0.4, -0.2) is 29.7 Å². The average Bonchev–Trinajstić information content (AvgIpc) is 2.56. The van der Waals surface area contributed by atoms with E-state index in [2.05, 4.69) is 5.10 Å².